The number of nitrogens with one attached hydrogen (secondary N) is 1. The zero-order valence-electron chi connectivity index (χ0n) is 21.2. The summed E-state index contributed by atoms with van der Waals surface area (Å²) in [5.74, 6) is 1.11. The fraction of sp³-hybridized carbons (Fsp3) is 0.259. The highest BCUT2D eigenvalue weighted by Crippen LogP contribution is 2.32. The van der Waals surface area contributed by atoms with Crippen LogP contribution in [0.3, 0.4) is 0 Å². The highest BCUT2D eigenvalue weighted by molar-refractivity contribution is 7.17. The fourth-order valence-electron chi connectivity index (χ4n) is 3.83. The normalized spacial score (nSPS) is 12.6. The number of methoxy groups -OCH3 is 1. The second kappa shape index (κ2) is 12.0. The molecule has 192 valence electrons. The van der Waals surface area contributed by atoms with E-state index in [0.29, 0.717) is 45.9 Å². The number of rotatable bonds is 8. The lowest BCUT2D eigenvalue weighted by molar-refractivity contribution is 0.0755. The minimum Gasteiger partial charge on any atom is -0.493 e. The van der Waals surface area contributed by atoms with Gasteiger partial charge in [-0.3, -0.25) is 10.2 Å². The summed E-state index contributed by atoms with van der Waals surface area (Å²) in [5.41, 5.74) is 6.20. The first-order valence-electron chi connectivity index (χ1n) is 11.9. The number of nitriles is 2. The molecule has 0 atom stereocenters. The molecule has 0 spiro atoms. The van der Waals surface area contributed by atoms with E-state index in [0.717, 1.165) is 29.7 Å². The molecule has 2 heterocycles. The Labute approximate surface area is 224 Å². The van der Waals surface area contributed by atoms with Gasteiger partial charge in [0.2, 0.25) is 5.71 Å². The molecule has 1 aromatic heterocycles. The monoisotopic (exact) mass is 527 g/mol. The Balaban J connectivity index is 1.53. The Morgan fingerprint density at radius 2 is 1.89 bits per heavy atom. The molecule has 4 rings (SSSR count). The number of nitrogens with zero attached hydrogens (tertiary/aromatic N) is 6. The fourth-order valence-corrected chi connectivity index (χ4v) is 4.85. The molecule has 1 aliphatic rings. The number of anilines is 1. The van der Waals surface area contributed by atoms with Crippen molar-refractivity contribution < 1.29 is 14.3 Å². The van der Waals surface area contributed by atoms with Crippen molar-refractivity contribution in [3.8, 4) is 34.2 Å². The predicted octanol–water partition coefficient (Wildman–Crippen LogP) is 4.98. The Bertz CT molecular complexity index is 1460. The van der Waals surface area contributed by atoms with Crippen LogP contribution < -0.4 is 14.9 Å². The first-order valence-corrected chi connectivity index (χ1v) is 12.7. The van der Waals surface area contributed by atoms with Crippen LogP contribution in [-0.4, -0.2) is 47.6 Å². The lowest BCUT2D eigenvalue weighted by atomic mass is 10.0. The van der Waals surface area contributed by atoms with Crippen LogP contribution in [0.4, 0.5) is 5.69 Å². The lowest BCUT2D eigenvalue weighted by Crippen LogP contribution is -2.32. The number of aromatic nitrogens is 1. The predicted molar refractivity (Wildman–Crippen MR) is 146 cm³/mol. The van der Waals surface area contributed by atoms with Gasteiger partial charge in [0, 0.05) is 17.7 Å². The van der Waals surface area contributed by atoms with E-state index in [1.54, 1.807) is 31.4 Å². The largest absolute Gasteiger partial charge is 0.493 e. The summed E-state index contributed by atoms with van der Waals surface area (Å²) in [6, 6.07) is 16.2. The molecule has 0 saturated carbocycles. The summed E-state index contributed by atoms with van der Waals surface area (Å²) in [7, 11) is 1.60. The van der Waals surface area contributed by atoms with Gasteiger partial charge in [-0.15, -0.1) is 11.3 Å². The van der Waals surface area contributed by atoms with Gasteiger partial charge in [0.15, 0.2) is 11.5 Å². The van der Waals surface area contributed by atoms with Gasteiger partial charge in [0.1, 0.15) is 22.0 Å². The van der Waals surface area contributed by atoms with Crippen LogP contribution in [0.1, 0.15) is 40.7 Å². The molecule has 0 unspecified atom stereocenters. The third-order valence-electron chi connectivity index (χ3n) is 5.69. The summed E-state index contributed by atoms with van der Waals surface area (Å²) >= 11 is 1.31. The molecule has 1 N–H and O–H groups in total. The Hall–Kier alpha value is -4.74. The van der Waals surface area contributed by atoms with Crippen molar-refractivity contribution in [2.75, 3.05) is 25.7 Å². The van der Waals surface area contributed by atoms with Crippen molar-refractivity contribution in [3.63, 3.8) is 0 Å². The van der Waals surface area contributed by atoms with E-state index in [-0.39, 0.29) is 11.6 Å². The van der Waals surface area contributed by atoms with Gasteiger partial charge < -0.3 is 9.47 Å². The third-order valence-corrected chi connectivity index (χ3v) is 6.88. The number of benzene rings is 2. The molecular weight excluding hydrogens is 502 g/mol. The maximum atomic E-state index is 13.4. The first kappa shape index (κ1) is 26.3. The summed E-state index contributed by atoms with van der Waals surface area (Å²) in [6.45, 7) is 4.77. The number of hydrazone groups is 2. The van der Waals surface area contributed by atoms with Gasteiger partial charge >= 0.3 is 0 Å². The van der Waals surface area contributed by atoms with Gasteiger partial charge in [-0.1, -0.05) is 0 Å². The molecule has 0 bridgehead atoms. The molecule has 10 nitrogen and oxygen atoms in total. The van der Waals surface area contributed by atoms with Gasteiger partial charge in [-0.25, -0.2) is 9.99 Å². The van der Waals surface area contributed by atoms with Crippen molar-refractivity contribution in [2.45, 2.75) is 26.7 Å². The van der Waals surface area contributed by atoms with E-state index in [1.807, 2.05) is 44.2 Å². The van der Waals surface area contributed by atoms with Crippen LogP contribution in [0.15, 0.2) is 52.7 Å². The van der Waals surface area contributed by atoms with E-state index < -0.39 is 0 Å². The summed E-state index contributed by atoms with van der Waals surface area (Å²) in [4.78, 5) is 18.6. The Kier molecular flexibility index (Phi) is 8.31. The summed E-state index contributed by atoms with van der Waals surface area (Å²) in [5, 5.41) is 28.2. The third kappa shape index (κ3) is 5.80. The number of carbonyl (C=O) groups is 1. The average molecular weight is 528 g/mol. The Morgan fingerprint density at radius 1 is 1.16 bits per heavy atom. The molecule has 0 aliphatic carbocycles. The minimum absolute atomic E-state index is 0.185. The molecule has 1 amide bonds. The van der Waals surface area contributed by atoms with E-state index >= 15 is 0 Å². The average Bonchev–Trinajstić information content (AvgIpc) is 3.35. The van der Waals surface area contributed by atoms with Crippen molar-refractivity contribution in [1.82, 2.24) is 9.99 Å². The maximum absolute atomic E-state index is 13.4. The number of aryl methyl sites for hydroxylation is 1. The number of ether oxygens (including phenoxy) is 2. The highest BCUT2D eigenvalue weighted by atomic mass is 32.1. The summed E-state index contributed by atoms with van der Waals surface area (Å²) < 4.78 is 11.1. The quantitative estimate of drug-likeness (QED) is 0.322. The van der Waals surface area contributed by atoms with Gasteiger partial charge in [0.05, 0.1) is 30.8 Å². The molecule has 38 heavy (non-hydrogen) atoms. The van der Waals surface area contributed by atoms with Crippen LogP contribution in [0.5, 0.6) is 11.5 Å². The minimum atomic E-state index is -0.266. The van der Waals surface area contributed by atoms with Gasteiger partial charge in [-0.2, -0.15) is 20.7 Å². The molecule has 11 heteroatoms. The van der Waals surface area contributed by atoms with Crippen LogP contribution in [0.2, 0.25) is 0 Å². The standard InChI is InChI=1S/C27H25N7O3S/c1-4-37-24-14-19(9-12-23(24)36-3)22-6-5-13-34(33-22)27(35)25-17(2)30-26(38-25)18-7-10-20(11-8-18)31-32-21(15-28)16-29/h7-12,14,31H,4-6,13H2,1-3H3. The Morgan fingerprint density at radius 3 is 2.58 bits per heavy atom. The van der Waals surface area contributed by atoms with Crippen LogP contribution in [0.25, 0.3) is 10.6 Å². The SMILES string of the molecule is CCOc1cc(C2=NN(C(=O)c3sc(-c4ccc(NN=C(C#N)C#N)cc4)nc3C)CCC2)ccc1OC. The zero-order chi connectivity index (χ0) is 27.1. The van der Waals surface area contributed by atoms with Crippen LogP contribution in [-0.2, 0) is 0 Å². The van der Waals surface area contributed by atoms with E-state index in [9.17, 15) is 4.79 Å². The van der Waals surface area contributed by atoms with Gasteiger partial charge in [0.25, 0.3) is 5.91 Å². The molecule has 2 aromatic carbocycles. The van der Waals surface area contributed by atoms with Crippen LogP contribution in [0, 0.1) is 29.6 Å². The molecule has 1 aliphatic heterocycles. The van der Waals surface area contributed by atoms with Crippen molar-refractivity contribution in [3.05, 3.63) is 58.6 Å². The summed E-state index contributed by atoms with van der Waals surface area (Å²) in [6.07, 6.45) is 1.55. The molecule has 0 radical (unpaired) electrons. The topological polar surface area (TPSA) is 136 Å². The molecule has 3 aromatic rings. The van der Waals surface area contributed by atoms with E-state index in [4.69, 9.17) is 20.0 Å². The zero-order valence-corrected chi connectivity index (χ0v) is 22.0. The smallest absolute Gasteiger partial charge is 0.285 e. The molecular formula is C27H25N7O3S. The van der Waals surface area contributed by atoms with E-state index in [2.05, 4.69) is 20.6 Å². The molecule has 0 fully saturated rings. The maximum Gasteiger partial charge on any atom is 0.285 e. The number of thiazole rings is 1. The lowest BCUT2D eigenvalue weighted by Gasteiger charge is -2.23. The second-order valence-electron chi connectivity index (χ2n) is 8.18. The number of hydrogen-bond acceptors (Lipinski definition) is 10. The molecule has 0 saturated heterocycles. The second-order valence-corrected chi connectivity index (χ2v) is 9.18. The first-order chi connectivity index (χ1) is 18.5. The number of amides is 1. The van der Waals surface area contributed by atoms with Crippen molar-refractivity contribution in [1.29, 1.82) is 10.5 Å². The van der Waals surface area contributed by atoms with Crippen LogP contribution >= 0.6 is 11.3 Å². The van der Waals surface area contributed by atoms with E-state index in [1.165, 1.54) is 16.3 Å². The van der Waals surface area contributed by atoms with Crippen molar-refractivity contribution >= 4 is 34.4 Å². The number of carbonyl (C=O) groups excluding carboxylic acids is 1. The van der Waals surface area contributed by atoms with Gasteiger partial charge in [-0.05, 0) is 69.2 Å². The highest BCUT2D eigenvalue weighted by Gasteiger charge is 2.25. The van der Waals surface area contributed by atoms with Crippen molar-refractivity contribution in [2.24, 2.45) is 10.2 Å². The number of hydrogen-bond donors (Lipinski definition) is 1.